The van der Waals surface area contributed by atoms with E-state index in [1.165, 1.54) is 18.2 Å². The molecule has 2 rings (SSSR count). The first-order valence-electron chi connectivity index (χ1n) is 5.76. The van der Waals surface area contributed by atoms with E-state index < -0.39 is 11.0 Å². The molecule has 20 heavy (non-hydrogen) atoms. The van der Waals surface area contributed by atoms with Gasteiger partial charge < -0.3 is 5.11 Å². The van der Waals surface area contributed by atoms with Crippen molar-refractivity contribution in [3.8, 4) is 11.8 Å². The Labute approximate surface area is 120 Å². The second-order valence-corrected chi connectivity index (χ2v) is 4.43. The lowest BCUT2D eigenvalue weighted by Crippen LogP contribution is -2.00. The van der Waals surface area contributed by atoms with Crippen LogP contribution in [0.4, 0.5) is 5.69 Å². The van der Waals surface area contributed by atoms with Crippen LogP contribution in [-0.2, 0) is 0 Å². The lowest BCUT2D eigenvalue weighted by atomic mass is 10.1. The molecule has 5 heteroatoms. The number of hydrogen-bond donors (Lipinski definition) is 1. The van der Waals surface area contributed by atoms with E-state index in [4.69, 9.17) is 11.6 Å². The molecule has 0 spiro atoms. The maximum Gasteiger partial charge on any atom is 0.276 e. The molecular formula is C15H10ClNO3. The van der Waals surface area contributed by atoms with Gasteiger partial charge in [0.15, 0.2) is 0 Å². The minimum absolute atomic E-state index is 0.0888. The second-order valence-electron chi connectivity index (χ2n) is 4.00. The van der Waals surface area contributed by atoms with E-state index in [9.17, 15) is 15.2 Å². The topological polar surface area (TPSA) is 63.4 Å². The van der Waals surface area contributed by atoms with E-state index in [0.29, 0.717) is 5.02 Å². The average Bonchev–Trinajstić information content (AvgIpc) is 2.45. The van der Waals surface area contributed by atoms with E-state index in [-0.39, 0.29) is 11.3 Å². The highest BCUT2D eigenvalue weighted by atomic mass is 35.5. The summed E-state index contributed by atoms with van der Waals surface area (Å²) >= 11 is 5.80. The van der Waals surface area contributed by atoms with Gasteiger partial charge in [0.1, 0.15) is 6.10 Å². The summed E-state index contributed by atoms with van der Waals surface area (Å²) in [5.41, 5.74) is 0.603. The Morgan fingerprint density at radius 3 is 2.55 bits per heavy atom. The van der Waals surface area contributed by atoms with Gasteiger partial charge in [0, 0.05) is 16.7 Å². The largest absolute Gasteiger partial charge is 0.376 e. The van der Waals surface area contributed by atoms with Crippen LogP contribution < -0.4 is 0 Å². The Bertz CT molecular complexity index is 689. The molecule has 0 amide bonds. The van der Waals surface area contributed by atoms with Crippen LogP contribution in [-0.4, -0.2) is 10.0 Å². The molecule has 0 fully saturated rings. The highest BCUT2D eigenvalue weighted by Gasteiger charge is 2.19. The number of aliphatic hydroxyl groups is 1. The van der Waals surface area contributed by atoms with E-state index in [1.807, 2.05) is 18.2 Å². The first-order chi connectivity index (χ1) is 9.58. The van der Waals surface area contributed by atoms with E-state index in [1.54, 1.807) is 12.1 Å². The van der Waals surface area contributed by atoms with Crippen molar-refractivity contribution in [2.75, 3.05) is 0 Å². The van der Waals surface area contributed by atoms with Crippen molar-refractivity contribution < 1.29 is 10.0 Å². The maximum atomic E-state index is 10.9. The van der Waals surface area contributed by atoms with Gasteiger partial charge in [-0.3, -0.25) is 10.1 Å². The normalized spacial score (nSPS) is 11.3. The van der Waals surface area contributed by atoms with E-state index >= 15 is 0 Å². The summed E-state index contributed by atoms with van der Waals surface area (Å²) in [6.07, 6.45) is -1.27. The van der Waals surface area contributed by atoms with Crippen molar-refractivity contribution in [1.82, 2.24) is 0 Å². The zero-order valence-electron chi connectivity index (χ0n) is 10.3. The van der Waals surface area contributed by atoms with Crippen LogP contribution in [0.1, 0.15) is 17.2 Å². The number of aliphatic hydroxyl groups excluding tert-OH is 1. The minimum atomic E-state index is -1.27. The first kappa shape index (κ1) is 14.1. The molecule has 0 heterocycles. The molecular weight excluding hydrogens is 278 g/mol. The summed E-state index contributed by atoms with van der Waals surface area (Å²) in [6.45, 7) is 0. The summed E-state index contributed by atoms with van der Waals surface area (Å²) in [7, 11) is 0. The lowest BCUT2D eigenvalue weighted by Gasteiger charge is -2.05. The Balaban J connectivity index is 2.34. The molecule has 0 radical (unpaired) electrons. The molecule has 1 unspecified atom stereocenters. The third kappa shape index (κ3) is 3.35. The molecule has 100 valence electrons. The summed E-state index contributed by atoms with van der Waals surface area (Å²) in [5, 5.41) is 21.2. The molecule has 0 aliphatic carbocycles. The SMILES string of the molecule is O=[N+]([O-])c1ccc(Cl)cc1C(O)C#Cc1ccccc1. The van der Waals surface area contributed by atoms with Crippen molar-refractivity contribution in [3.05, 3.63) is 74.8 Å². The quantitative estimate of drug-likeness (QED) is 0.523. The number of nitro groups is 1. The summed E-state index contributed by atoms with van der Waals surface area (Å²) < 4.78 is 0. The number of nitrogens with zero attached hydrogens (tertiary/aromatic N) is 1. The first-order valence-corrected chi connectivity index (χ1v) is 6.14. The number of halogens is 1. The Morgan fingerprint density at radius 2 is 1.90 bits per heavy atom. The zero-order chi connectivity index (χ0) is 14.5. The minimum Gasteiger partial charge on any atom is -0.376 e. The standard InChI is InChI=1S/C15H10ClNO3/c16-12-7-8-14(17(19)20)13(10-12)15(18)9-6-11-4-2-1-3-5-11/h1-5,7-8,10,15,18H. The average molecular weight is 288 g/mol. The van der Waals surface area contributed by atoms with Crippen LogP contribution in [0.5, 0.6) is 0 Å². The molecule has 0 saturated heterocycles. The van der Waals surface area contributed by atoms with Gasteiger partial charge in [-0.1, -0.05) is 41.6 Å². The number of rotatable bonds is 2. The second kappa shape index (κ2) is 6.20. The number of benzene rings is 2. The highest BCUT2D eigenvalue weighted by Crippen LogP contribution is 2.27. The van der Waals surface area contributed by atoms with Crippen LogP contribution in [0.15, 0.2) is 48.5 Å². The zero-order valence-corrected chi connectivity index (χ0v) is 11.0. The Kier molecular flexibility index (Phi) is 4.36. The smallest absolute Gasteiger partial charge is 0.276 e. The molecule has 1 N–H and O–H groups in total. The molecule has 0 aromatic heterocycles. The van der Waals surface area contributed by atoms with E-state index in [0.717, 1.165) is 5.56 Å². The van der Waals surface area contributed by atoms with Crippen molar-refractivity contribution in [2.24, 2.45) is 0 Å². The van der Waals surface area contributed by atoms with Gasteiger partial charge in [-0.15, -0.1) is 0 Å². The third-order valence-corrected chi connectivity index (χ3v) is 2.84. The molecule has 2 aromatic rings. The summed E-state index contributed by atoms with van der Waals surface area (Å²) in [5.74, 6) is 5.34. The molecule has 0 bridgehead atoms. The predicted molar refractivity (Wildman–Crippen MR) is 76.4 cm³/mol. The lowest BCUT2D eigenvalue weighted by molar-refractivity contribution is -0.386. The van der Waals surface area contributed by atoms with Crippen molar-refractivity contribution >= 4 is 17.3 Å². The summed E-state index contributed by atoms with van der Waals surface area (Å²) in [6, 6.07) is 13.1. The van der Waals surface area contributed by atoms with Gasteiger partial charge in [-0.05, 0) is 24.3 Å². The van der Waals surface area contributed by atoms with E-state index in [2.05, 4.69) is 11.8 Å². The van der Waals surface area contributed by atoms with Crippen molar-refractivity contribution in [3.63, 3.8) is 0 Å². The maximum absolute atomic E-state index is 10.9. The van der Waals surface area contributed by atoms with Gasteiger partial charge in [0.2, 0.25) is 0 Å². The third-order valence-electron chi connectivity index (χ3n) is 2.61. The van der Waals surface area contributed by atoms with Gasteiger partial charge in [-0.2, -0.15) is 0 Å². The van der Waals surface area contributed by atoms with Gasteiger partial charge >= 0.3 is 0 Å². The van der Waals surface area contributed by atoms with Crippen LogP contribution in [0.2, 0.25) is 5.02 Å². The van der Waals surface area contributed by atoms with Crippen molar-refractivity contribution in [1.29, 1.82) is 0 Å². The molecule has 2 aromatic carbocycles. The Hall–Kier alpha value is -2.35. The van der Waals surface area contributed by atoms with Crippen LogP contribution in [0.25, 0.3) is 0 Å². The van der Waals surface area contributed by atoms with Gasteiger partial charge in [-0.25, -0.2) is 0 Å². The molecule has 4 nitrogen and oxygen atoms in total. The summed E-state index contributed by atoms with van der Waals surface area (Å²) in [4.78, 5) is 10.3. The molecule has 0 aliphatic heterocycles. The van der Waals surface area contributed by atoms with Crippen LogP contribution in [0.3, 0.4) is 0 Å². The fourth-order valence-corrected chi connectivity index (χ4v) is 1.84. The van der Waals surface area contributed by atoms with Gasteiger partial charge in [0.05, 0.1) is 10.5 Å². The highest BCUT2D eigenvalue weighted by molar-refractivity contribution is 6.30. The monoisotopic (exact) mass is 287 g/mol. The molecule has 0 aliphatic rings. The fourth-order valence-electron chi connectivity index (χ4n) is 1.66. The molecule has 0 saturated carbocycles. The fraction of sp³-hybridized carbons (Fsp3) is 0.0667. The number of hydrogen-bond acceptors (Lipinski definition) is 3. The predicted octanol–water partition coefficient (Wildman–Crippen LogP) is 3.33. The van der Waals surface area contributed by atoms with Crippen LogP contribution in [0, 0.1) is 22.0 Å². The number of nitro benzene ring substituents is 1. The Morgan fingerprint density at radius 1 is 1.20 bits per heavy atom. The molecule has 1 atom stereocenters. The van der Waals surface area contributed by atoms with Gasteiger partial charge in [0.25, 0.3) is 5.69 Å². The van der Waals surface area contributed by atoms with Crippen LogP contribution >= 0.6 is 11.6 Å². The van der Waals surface area contributed by atoms with Crippen molar-refractivity contribution in [2.45, 2.75) is 6.10 Å².